The number of carbonyl (C=O) groups excluding carboxylic acids is 2. The van der Waals surface area contributed by atoms with Gasteiger partial charge in [0.05, 0.1) is 55.3 Å². The number of rotatable bonds is 2. The summed E-state index contributed by atoms with van der Waals surface area (Å²) in [6, 6.07) is 15.1. The molecule has 3 aliphatic carbocycles. The first-order valence-corrected chi connectivity index (χ1v) is 19.5. The van der Waals surface area contributed by atoms with E-state index >= 15 is 0 Å². The summed E-state index contributed by atoms with van der Waals surface area (Å²) in [6.45, 7) is 0. The lowest BCUT2D eigenvalue weighted by atomic mass is 9.64. The fourth-order valence-electron chi connectivity index (χ4n) is 9.08. The number of hydrogen-bond donors (Lipinski definition) is 0. The number of thiophene rings is 2. The van der Waals surface area contributed by atoms with Crippen molar-refractivity contribution in [1.29, 1.82) is 0 Å². The fraction of sp³-hybridized carbons (Fsp3) is 0.306. The van der Waals surface area contributed by atoms with Crippen LogP contribution in [0.5, 0.6) is 0 Å². The number of Topliss-reactive ketones (excluding diaryl/α,β-unsaturated/α-hetero) is 2. The second-order valence-electron chi connectivity index (χ2n) is 13.7. The van der Waals surface area contributed by atoms with Crippen LogP contribution in [0.25, 0.3) is 73.8 Å². The van der Waals surface area contributed by atoms with Gasteiger partial charge in [-0.05, 0) is 48.9 Å². The molecule has 3 aromatic carbocycles. The number of ketones is 2. The number of carbonyl (C=O) groups is 2. The van der Waals surface area contributed by atoms with Crippen LogP contribution < -0.4 is 0 Å². The quantitative estimate of drug-likeness (QED) is 0.166. The molecule has 0 bridgehead atoms. The summed E-state index contributed by atoms with van der Waals surface area (Å²) in [4.78, 5) is 32.9. The highest BCUT2D eigenvalue weighted by Crippen LogP contribution is 2.50. The lowest BCUT2D eigenvalue weighted by Gasteiger charge is -2.40. The number of hydrogen-bond acceptors (Lipinski definition) is 11. The van der Waals surface area contributed by atoms with Crippen molar-refractivity contribution in [1.82, 2.24) is 22.1 Å². The van der Waals surface area contributed by atoms with Gasteiger partial charge in [0.15, 0.2) is 0 Å². The minimum atomic E-state index is -0.409. The Hall–Kier alpha value is -3.97. The number of fused-ring (bicyclic) bond motifs is 12. The number of aryl methyl sites for hydroxylation is 1. The van der Waals surface area contributed by atoms with Crippen LogP contribution >= 0.6 is 46.1 Å². The zero-order valence-electron chi connectivity index (χ0n) is 25.7. The van der Waals surface area contributed by atoms with Gasteiger partial charge in [0.25, 0.3) is 0 Å². The molecule has 0 aliphatic heterocycles. The lowest BCUT2D eigenvalue weighted by molar-refractivity contribution is -0.135. The largest absolute Gasteiger partial charge is 0.342 e. The Kier molecular flexibility index (Phi) is 5.84. The summed E-state index contributed by atoms with van der Waals surface area (Å²) in [7, 11) is 2.15. The van der Waals surface area contributed by atoms with E-state index in [2.05, 4.69) is 52.4 Å². The van der Waals surface area contributed by atoms with Gasteiger partial charge >= 0.3 is 0 Å². The Balaban J connectivity index is 1.08. The zero-order valence-corrected chi connectivity index (χ0v) is 29.0. The van der Waals surface area contributed by atoms with Crippen molar-refractivity contribution in [2.75, 3.05) is 0 Å². The maximum atomic E-state index is 13.5. The molecular weight excluding hydrogens is 677 g/mol. The molecule has 4 atom stereocenters. The summed E-state index contributed by atoms with van der Waals surface area (Å²) in [5.41, 5.74) is 7.57. The van der Waals surface area contributed by atoms with Crippen LogP contribution in [0.1, 0.15) is 38.5 Å². The average molecular weight is 703 g/mol. The summed E-state index contributed by atoms with van der Waals surface area (Å²) in [5, 5.41) is 3.12. The highest BCUT2D eigenvalue weighted by Gasteiger charge is 2.52. The molecule has 12 heteroatoms. The number of aliphatic imine (C=N–C) groups is 1. The molecule has 8 aromatic rings. The van der Waals surface area contributed by atoms with Crippen LogP contribution in [0, 0.1) is 23.7 Å². The molecule has 0 radical (unpaired) electrons. The van der Waals surface area contributed by atoms with Gasteiger partial charge in [0.2, 0.25) is 11.6 Å². The molecule has 0 spiro atoms. The van der Waals surface area contributed by atoms with Gasteiger partial charge in [0, 0.05) is 50.2 Å². The maximum absolute atomic E-state index is 13.5. The van der Waals surface area contributed by atoms with Crippen molar-refractivity contribution in [3.63, 3.8) is 0 Å². The smallest absolute Gasteiger partial charge is 0.243 e. The van der Waals surface area contributed by atoms with Crippen LogP contribution in [-0.2, 0) is 16.6 Å². The standard InChI is InChI=1S/C36H26N6O2S4/c1-42-24-14-26(46-35(24)36-32(42)17-8-4-5-9-25(17)45-36)22-12-19-20(27-29(22)40-47-38-27)13-23(31-28(19)39-48-41-31)37-30-18-10-15-6-2-3-7-16(15)11-21(18)33(43)34(30)44/h4-5,8-9,12-16,18,21H,2-3,6-7,10-11H2,1H3. The first-order chi connectivity index (χ1) is 23.5. The monoisotopic (exact) mass is 702 g/mol. The second-order valence-corrected chi connectivity index (χ2v) is 16.8. The molecule has 8 nitrogen and oxygen atoms in total. The highest BCUT2D eigenvalue weighted by molar-refractivity contribution is 7.32. The molecule has 11 rings (SSSR count). The normalized spacial score (nSPS) is 24.0. The first-order valence-electron chi connectivity index (χ1n) is 16.4. The predicted molar refractivity (Wildman–Crippen MR) is 197 cm³/mol. The van der Waals surface area contributed by atoms with E-state index in [9.17, 15) is 9.59 Å². The number of benzene rings is 3. The van der Waals surface area contributed by atoms with Crippen molar-refractivity contribution < 1.29 is 9.59 Å². The first kappa shape index (κ1) is 27.9. The van der Waals surface area contributed by atoms with Crippen LogP contribution in [0.2, 0.25) is 0 Å². The van der Waals surface area contributed by atoms with Crippen LogP contribution in [0.3, 0.4) is 0 Å². The minimum absolute atomic E-state index is 0.106. The molecular formula is C36H26N6O2S4. The third-order valence-electron chi connectivity index (χ3n) is 11.3. The summed E-state index contributed by atoms with van der Waals surface area (Å²) in [5.74, 6) is 0.140. The summed E-state index contributed by atoms with van der Waals surface area (Å²) >= 11 is 5.99. The van der Waals surface area contributed by atoms with E-state index < -0.39 is 5.78 Å². The van der Waals surface area contributed by atoms with Crippen LogP contribution in [-0.4, -0.2) is 39.3 Å². The van der Waals surface area contributed by atoms with E-state index in [4.69, 9.17) is 18.1 Å². The van der Waals surface area contributed by atoms with Crippen molar-refractivity contribution in [3.05, 3.63) is 42.5 Å². The van der Waals surface area contributed by atoms with E-state index in [1.54, 1.807) is 11.3 Å². The summed E-state index contributed by atoms with van der Waals surface area (Å²) in [6.07, 6.45) is 6.53. The lowest BCUT2D eigenvalue weighted by Crippen LogP contribution is -2.35. The minimum Gasteiger partial charge on any atom is -0.342 e. The van der Waals surface area contributed by atoms with E-state index in [0.717, 1.165) is 62.3 Å². The maximum Gasteiger partial charge on any atom is 0.243 e. The van der Waals surface area contributed by atoms with Gasteiger partial charge in [-0.25, -0.2) is 4.99 Å². The molecule has 4 unspecified atom stereocenters. The average Bonchev–Trinajstić information content (AvgIpc) is 3.95. The topological polar surface area (TPSA) is 103 Å². The van der Waals surface area contributed by atoms with Gasteiger partial charge in [-0.3, -0.25) is 9.59 Å². The molecule has 3 fully saturated rings. The predicted octanol–water partition coefficient (Wildman–Crippen LogP) is 9.49. The van der Waals surface area contributed by atoms with E-state index in [-0.39, 0.29) is 17.6 Å². The number of nitrogens with zero attached hydrogens (tertiary/aromatic N) is 6. The number of aromatic nitrogens is 5. The SMILES string of the molecule is Cn1c2cc(-c3cc4c(cc(N=C5C(=O)C(=O)C6CC7CCCCC7CC56)c5nsnc54)c4nsnc34)sc2c2sc3ccccc3c21. The Morgan fingerprint density at radius 1 is 0.771 bits per heavy atom. The van der Waals surface area contributed by atoms with Gasteiger partial charge in [-0.2, -0.15) is 17.5 Å². The second kappa shape index (κ2) is 10.0. The van der Waals surface area contributed by atoms with Crippen molar-refractivity contribution in [2.24, 2.45) is 35.7 Å². The molecule has 236 valence electrons. The molecule has 0 saturated heterocycles. The molecule has 5 heterocycles. The van der Waals surface area contributed by atoms with Gasteiger partial charge in [-0.15, -0.1) is 22.7 Å². The van der Waals surface area contributed by atoms with E-state index in [1.807, 2.05) is 17.4 Å². The molecule has 3 aliphatic rings. The van der Waals surface area contributed by atoms with Gasteiger partial charge in [-0.1, -0.05) is 43.9 Å². The van der Waals surface area contributed by atoms with Crippen molar-refractivity contribution >= 4 is 132 Å². The molecule has 0 amide bonds. The van der Waals surface area contributed by atoms with E-state index in [1.165, 1.54) is 67.9 Å². The van der Waals surface area contributed by atoms with Crippen LogP contribution in [0.4, 0.5) is 5.69 Å². The van der Waals surface area contributed by atoms with Crippen LogP contribution in [0.15, 0.2) is 47.5 Å². The van der Waals surface area contributed by atoms with Gasteiger partial charge in [0.1, 0.15) is 22.1 Å². The Bertz CT molecular complexity index is 2740. The Morgan fingerprint density at radius 2 is 1.48 bits per heavy atom. The Labute approximate surface area is 289 Å². The Morgan fingerprint density at radius 3 is 2.31 bits per heavy atom. The summed E-state index contributed by atoms with van der Waals surface area (Å²) < 4.78 is 25.2. The molecule has 0 N–H and O–H groups in total. The highest BCUT2D eigenvalue weighted by atomic mass is 32.1. The molecule has 5 aromatic heterocycles. The molecule has 3 saturated carbocycles. The third-order valence-corrected chi connectivity index (χ3v) is 14.9. The fourth-order valence-corrected chi connectivity index (χ4v) is 12.8. The van der Waals surface area contributed by atoms with Crippen molar-refractivity contribution in [3.8, 4) is 10.4 Å². The zero-order chi connectivity index (χ0) is 31.8. The van der Waals surface area contributed by atoms with Crippen molar-refractivity contribution in [2.45, 2.75) is 38.5 Å². The third kappa shape index (κ3) is 3.71. The van der Waals surface area contributed by atoms with E-state index in [0.29, 0.717) is 28.8 Å². The molecule has 48 heavy (non-hydrogen) atoms. The van der Waals surface area contributed by atoms with Gasteiger partial charge < -0.3 is 4.57 Å².